The summed E-state index contributed by atoms with van der Waals surface area (Å²) in [5.74, 6) is 2.32. The summed E-state index contributed by atoms with van der Waals surface area (Å²) in [5.41, 5.74) is 2.12. The van der Waals surface area contributed by atoms with Gasteiger partial charge in [0.05, 0.1) is 18.9 Å². The van der Waals surface area contributed by atoms with Gasteiger partial charge in [-0.1, -0.05) is 6.07 Å². The highest BCUT2D eigenvalue weighted by Crippen LogP contribution is 2.38. The number of ether oxygens (including phenoxy) is 4. The number of rotatable bonds is 7. The van der Waals surface area contributed by atoms with Gasteiger partial charge in [0, 0.05) is 44.1 Å². The molecule has 3 heterocycles. The molecule has 0 bridgehead atoms. The summed E-state index contributed by atoms with van der Waals surface area (Å²) >= 11 is 0. The normalized spacial score (nSPS) is 18.5. The van der Waals surface area contributed by atoms with E-state index in [4.69, 9.17) is 18.9 Å². The zero-order chi connectivity index (χ0) is 17.8. The lowest BCUT2D eigenvalue weighted by atomic mass is 10.1. The van der Waals surface area contributed by atoms with Gasteiger partial charge in [-0.3, -0.25) is 9.88 Å². The van der Waals surface area contributed by atoms with Gasteiger partial charge < -0.3 is 18.9 Å². The van der Waals surface area contributed by atoms with E-state index in [1.165, 1.54) is 0 Å². The number of nitrogens with zero attached hydrogens (tertiary/aromatic N) is 2. The second-order valence-electron chi connectivity index (χ2n) is 6.64. The molecule has 1 fully saturated rings. The Labute approximate surface area is 153 Å². The van der Waals surface area contributed by atoms with Gasteiger partial charge in [0.15, 0.2) is 11.5 Å². The van der Waals surface area contributed by atoms with Crippen molar-refractivity contribution in [2.45, 2.75) is 32.0 Å². The first-order valence-corrected chi connectivity index (χ1v) is 9.02. The number of pyridine rings is 1. The van der Waals surface area contributed by atoms with Crippen molar-refractivity contribution >= 4 is 0 Å². The van der Waals surface area contributed by atoms with Crippen LogP contribution in [0, 0.1) is 0 Å². The van der Waals surface area contributed by atoms with E-state index in [9.17, 15) is 0 Å². The zero-order valence-corrected chi connectivity index (χ0v) is 15.0. The number of fused-ring (bicyclic) bond motifs is 1. The predicted octanol–water partition coefficient (Wildman–Crippen LogP) is 3.00. The third kappa shape index (κ3) is 3.92. The minimum atomic E-state index is 0.259. The maximum atomic E-state index is 5.85. The fraction of sp³-hybridized carbons (Fsp3) is 0.450. The van der Waals surface area contributed by atoms with Gasteiger partial charge in [-0.2, -0.15) is 0 Å². The smallest absolute Gasteiger partial charge is 0.231 e. The van der Waals surface area contributed by atoms with E-state index >= 15 is 0 Å². The second kappa shape index (κ2) is 7.93. The Hall–Kier alpha value is -2.31. The van der Waals surface area contributed by atoms with Gasteiger partial charge in [-0.25, -0.2) is 0 Å². The monoisotopic (exact) mass is 356 g/mol. The number of hydrogen-bond acceptors (Lipinski definition) is 6. The van der Waals surface area contributed by atoms with Crippen molar-refractivity contribution < 1.29 is 18.9 Å². The van der Waals surface area contributed by atoms with E-state index < -0.39 is 0 Å². The summed E-state index contributed by atoms with van der Waals surface area (Å²) in [6, 6.07) is 9.94. The van der Waals surface area contributed by atoms with Crippen molar-refractivity contribution in [3.63, 3.8) is 0 Å². The summed E-state index contributed by atoms with van der Waals surface area (Å²) in [4.78, 5) is 6.84. The fourth-order valence-corrected chi connectivity index (χ4v) is 3.50. The molecule has 4 rings (SSSR count). The molecule has 1 saturated heterocycles. The number of aromatic nitrogens is 1. The molecule has 1 atom stereocenters. The maximum Gasteiger partial charge on any atom is 0.231 e. The molecule has 0 unspecified atom stereocenters. The van der Waals surface area contributed by atoms with Crippen molar-refractivity contribution in [1.29, 1.82) is 0 Å². The molecular formula is C20H24N2O4. The van der Waals surface area contributed by atoms with Crippen LogP contribution in [0.5, 0.6) is 17.2 Å². The standard InChI is InChI=1S/C20H24N2O4/c1-23-18-10-20-19(25-14-26-20)9-15(18)11-22(13-17-6-4-8-24-17)12-16-5-2-3-7-21-16/h2-3,5,7,9-10,17H,4,6,8,11-14H2,1H3/t17-/m1/s1. The SMILES string of the molecule is COc1cc2c(cc1CN(Cc1ccccn1)C[C@H]1CCCO1)OCO2. The fourth-order valence-electron chi connectivity index (χ4n) is 3.50. The van der Waals surface area contributed by atoms with Crippen molar-refractivity contribution in [2.75, 3.05) is 27.1 Å². The lowest BCUT2D eigenvalue weighted by Crippen LogP contribution is -2.31. The Morgan fingerprint density at radius 1 is 1.19 bits per heavy atom. The van der Waals surface area contributed by atoms with E-state index in [1.54, 1.807) is 7.11 Å². The highest BCUT2D eigenvalue weighted by atomic mass is 16.7. The Morgan fingerprint density at radius 2 is 2.08 bits per heavy atom. The van der Waals surface area contributed by atoms with Crippen LogP contribution in [0.25, 0.3) is 0 Å². The van der Waals surface area contributed by atoms with Gasteiger partial charge in [0.2, 0.25) is 6.79 Å². The maximum absolute atomic E-state index is 5.85. The minimum Gasteiger partial charge on any atom is -0.496 e. The first-order valence-electron chi connectivity index (χ1n) is 9.02. The molecule has 1 aromatic heterocycles. The van der Waals surface area contributed by atoms with Crippen molar-refractivity contribution in [2.24, 2.45) is 0 Å². The predicted molar refractivity (Wildman–Crippen MR) is 96.4 cm³/mol. The Bertz CT molecular complexity index is 732. The lowest BCUT2D eigenvalue weighted by molar-refractivity contribution is 0.0672. The topological polar surface area (TPSA) is 53.1 Å². The van der Waals surface area contributed by atoms with E-state index in [1.807, 2.05) is 30.5 Å². The average Bonchev–Trinajstić information content (AvgIpc) is 3.33. The van der Waals surface area contributed by atoms with Crippen LogP contribution in [0.4, 0.5) is 0 Å². The molecule has 2 aliphatic heterocycles. The quantitative estimate of drug-likeness (QED) is 0.760. The van der Waals surface area contributed by atoms with Crippen LogP contribution in [-0.2, 0) is 17.8 Å². The van der Waals surface area contributed by atoms with Crippen LogP contribution >= 0.6 is 0 Å². The first-order chi connectivity index (χ1) is 12.8. The van der Waals surface area contributed by atoms with Crippen LogP contribution < -0.4 is 14.2 Å². The molecule has 2 aromatic rings. The van der Waals surface area contributed by atoms with Gasteiger partial charge >= 0.3 is 0 Å². The number of hydrogen-bond donors (Lipinski definition) is 0. The van der Waals surface area contributed by atoms with Gasteiger partial charge in [0.25, 0.3) is 0 Å². The molecule has 1 aromatic carbocycles. The first kappa shape index (κ1) is 17.1. The molecule has 0 spiro atoms. The third-order valence-corrected chi connectivity index (χ3v) is 4.77. The van der Waals surface area contributed by atoms with Crippen LogP contribution in [0.15, 0.2) is 36.5 Å². The molecule has 2 aliphatic rings. The second-order valence-corrected chi connectivity index (χ2v) is 6.64. The summed E-state index contributed by atoms with van der Waals surface area (Å²) in [6.07, 6.45) is 4.35. The molecule has 138 valence electrons. The molecule has 0 amide bonds. The molecule has 0 N–H and O–H groups in total. The minimum absolute atomic E-state index is 0.259. The molecule has 0 aliphatic carbocycles. The number of methoxy groups -OCH3 is 1. The number of benzene rings is 1. The molecular weight excluding hydrogens is 332 g/mol. The summed E-state index contributed by atoms with van der Waals surface area (Å²) in [7, 11) is 1.68. The van der Waals surface area contributed by atoms with Crippen LogP contribution in [0.2, 0.25) is 0 Å². The lowest BCUT2D eigenvalue weighted by Gasteiger charge is -2.26. The van der Waals surface area contributed by atoms with Gasteiger partial charge in [-0.15, -0.1) is 0 Å². The van der Waals surface area contributed by atoms with E-state index in [0.29, 0.717) is 0 Å². The molecule has 6 heteroatoms. The molecule has 26 heavy (non-hydrogen) atoms. The largest absolute Gasteiger partial charge is 0.496 e. The summed E-state index contributed by atoms with van der Waals surface area (Å²) in [6.45, 7) is 3.48. The highest BCUT2D eigenvalue weighted by molar-refractivity contribution is 5.51. The van der Waals surface area contributed by atoms with E-state index in [-0.39, 0.29) is 12.9 Å². The van der Waals surface area contributed by atoms with Gasteiger partial charge in [-0.05, 0) is 31.0 Å². The van der Waals surface area contributed by atoms with Crippen LogP contribution in [0.3, 0.4) is 0 Å². The third-order valence-electron chi connectivity index (χ3n) is 4.77. The van der Waals surface area contributed by atoms with Gasteiger partial charge in [0.1, 0.15) is 5.75 Å². The summed E-state index contributed by atoms with van der Waals surface area (Å²) < 4.78 is 22.4. The Kier molecular flexibility index (Phi) is 5.22. The van der Waals surface area contributed by atoms with E-state index in [2.05, 4.69) is 16.0 Å². The van der Waals surface area contributed by atoms with Crippen molar-refractivity contribution in [3.05, 3.63) is 47.8 Å². The highest BCUT2D eigenvalue weighted by Gasteiger charge is 2.23. The Balaban J connectivity index is 1.55. The summed E-state index contributed by atoms with van der Waals surface area (Å²) in [5, 5.41) is 0. The molecule has 0 radical (unpaired) electrons. The zero-order valence-electron chi connectivity index (χ0n) is 15.0. The van der Waals surface area contributed by atoms with E-state index in [0.717, 1.165) is 67.6 Å². The van der Waals surface area contributed by atoms with Crippen LogP contribution in [-0.4, -0.2) is 43.0 Å². The van der Waals surface area contributed by atoms with Crippen molar-refractivity contribution in [1.82, 2.24) is 9.88 Å². The van der Waals surface area contributed by atoms with Crippen LogP contribution in [0.1, 0.15) is 24.1 Å². The average molecular weight is 356 g/mol. The molecule has 0 saturated carbocycles. The molecule has 6 nitrogen and oxygen atoms in total. The Morgan fingerprint density at radius 3 is 2.81 bits per heavy atom. The van der Waals surface area contributed by atoms with Crippen molar-refractivity contribution in [3.8, 4) is 17.2 Å².